The van der Waals surface area contributed by atoms with Crippen molar-refractivity contribution in [3.63, 3.8) is 0 Å². The number of carbonyl (C=O) groups excluding carboxylic acids is 1. The minimum Gasteiger partial charge on any atom is -0.484 e. The molecule has 0 aliphatic rings. The summed E-state index contributed by atoms with van der Waals surface area (Å²) in [5.74, 6) is 0.124. The third-order valence-electron chi connectivity index (χ3n) is 4.15. The Morgan fingerprint density at radius 2 is 1.93 bits per heavy atom. The summed E-state index contributed by atoms with van der Waals surface area (Å²) in [5.41, 5.74) is 2.17. The third kappa shape index (κ3) is 3.76. The summed E-state index contributed by atoms with van der Waals surface area (Å²) in [7, 11) is 0. The van der Waals surface area contributed by atoms with Gasteiger partial charge in [-0.2, -0.15) is 0 Å². The van der Waals surface area contributed by atoms with E-state index in [-0.39, 0.29) is 17.9 Å². The molecule has 0 aliphatic carbocycles. The quantitative estimate of drug-likeness (QED) is 0.575. The summed E-state index contributed by atoms with van der Waals surface area (Å²) in [5, 5.41) is 3.14. The normalized spacial score (nSPS) is 10.6. The first-order valence-electron chi connectivity index (χ1n) is 8.64. The maximum Gasteiger partial charge on any atom is 0.262 e. The van der Waals surface area contributed by atoms with Crippen LogP contribution in [0.25, 0.3) is 22.1 Å². The summed E-state index contributed by atoms with van der Waals surface area (Å²) in [6.45, 7) is -0.174. The molecule has 0 saturated heterocycles. The fourth-order valence-corrected chi connectivity index (χ4v) is 2.80. The number of rotatable bonds is 5. The zero-order valence-corrected chi connectivity index (χ0v) is 14.8. The van der Waals surface area contributed by atoms with E-state index >= 15 is 0 Å². The van der Waals surface area contributed by atoms with Gasteiger partial charge < -0.3 is 14.5 Å². The number of hydrogen-bond donors (Lipinski definition) is 1. The van der Waals surface area contributed by atoms with E-state index in [9.17, 15) is 9.59 Å². The SMILES string of the molecule is O=C(COc1ccc2c(=O)c(-c3ccccc3)coc2c1)Nc1cccnc1. The molecule has 6 heteroatoms. The molecule has 2 aromatic carbocycles. The Hall–Kier alpha value is -3.93. The van der Waals surface area contributed by atoms with Crippen LogP contribution in [-0.4, -0.2) is 17.5 Å². The fourth-order valence-electron chi connectivity index (χ4n) is 2.80. The van der Waals surface area contributed by atoms with Crippen molar-refractivity contribution in [1.29, 1.82) is 0 Å². The molecule has 0 bridgehead atoms. The molecule has 1 N–H and O–H groups in total. The summed E-state index contributed by atoms with van der Waals surface area (Å²) in [4.78, 5) is 28.6. The largest absolute Gasteiger partial charge is 0.484 e. The van der Waals surface area contributed by atoms with Gasteiger partial charge in [-0.25, -0.2) is 0 Å². The molecule has 0 radical (unpaired) electrons. The molecule has 0 unspecified atom stereocenters. The molecular formula is C22H16N2O4. The van der Waals surface area contributed by atoms with E-state index in [0.29, 0.717) is 28.0 Å². The van der Waals surface area contributed by atoms with E-state index in [4.69, 9.17) is 9.15 Å². The van der Waals surface area contributed by atoms with Crippen LogP contribution in [0.5, 0.6) is 5.75 Å². The Balaban J connectivity index is 1.51. The molecule has 28 heavy (non-hydrogen) atoms. The highest BCUT2D eigenvalue weighted by Gasteiger charge is 2.10. The van der Waals surface area contributed by atoms with Crippen LogP contribution in [0.2, 0.25) is 0 Å². The number of aromatic nitrogens is 1. The van der Waals surface area contributed by atoms with Crippen LogP contribution in [0.1, 0.15) is 0 Å². The van der Waals surface area contributed by atoms with E-state index < -0.39 is 0 Å². The topological polar surface area (TPSA) is 81.4 Å². The smallest absolute Gasteiger partial charge is 0.262 e. The van der Waals surface area contributed by atoms with Crippen molar-refractivity contribution in [2.75, 3.05) is 11.9 Å². The van der Waals surface area contributed by atoms with E-state index in [1.165, 1.54) is 6.26 Å². The fraction of sp³-hybridized carbons (Fsp3) is 0.0455. The van der Waals surface area contributed by atoms with Gasteiger partial charge in [0.2, 0.25) is 0 Å². The predicted molar refractivity (Wildman–Crippen MR) is 106 cm³/mol. The molecule has 0 spiro atoms. The second-order valence-electron chi connectivity index (χ2n) is 6.08. The number of fused-ring (bicyclic) bond motifs is 1. The molecular weight excluding hydrogens is 356 g/mol. The molecule has 4 aromatic rings. The minimum atomic E-state index is -0.311. The van der Waals surface area contributed by atoms with Crippen molar-refractivity contribution >= 4 is 22.6 Å². The van der Waals surface area contributed by atoms with Crippen LogP contribution in [0.4, 0.5) is 5.69 Å². The van der Waals surface area contributed by atoms with Crippen LogP contribution in [0.15, 0.2) is 88.5 Å². The highest BCUT2D eigenvalue weighted by Crippen LogP contribution is 2.23. The van der Waals surface area contributed by atoms with Gasteiger partial charge in [-0.3, -0.25) is 14.6 Å². The molecule has 1 amide bonds. The van der Waals surface area contributed by atoms with E-state index in [2.05, 4.69) is 10.3 Å². The zero-order valence-electron chi connectivity index (χ0n) is 14.8. The Kier molecular flexibility index (Phi) is 4.84. The van der Waals surface area contributed by atoms with Gasteiger partial charge in [-0.1, -0.05) is 30.3 Å². The average molecular weight is 372 g/mol. The molecule has 0 aliphatic heterocycles. The molecule has 0 saturated carbocycles. The number of amides is 1. The number of nitrogens with zero attached hydrogens (tertiary/aromatic N) is 1. The van der Waals surface area contributed by atoms with Gasteiger partial charge >= 0.3 is 0 Å². The van der Waals surface area contributed by atoms with Gasteiger partial charge in [0.25, 0.3) is 5.91 Å². The van der Waals surface area contributed by atoms with E-state index in [0.717, 1.165) is 5.56 Å². The first kappa shape index (κ1) is 17.5. The predicted octanol–water partition coefficient (Wildman–Crippen LogP) is 3.87. The molecule has 138 valence electrons. The highest BCUT2D eigenvalue weighted by atomic mass is 16.5. The third-order valence-corrected chi connectivity index (χ3v) is 4.15. The lowest BCUT2D eigenvalue weighted by Crippen LogP contribution is -2.20. The van der Waals surface area contributed by atoms with Gasteiger partial charge in [0.1, 0.15) is 17.6 Å². The van der Waals surface area contributed by atoms with Gasteiger partial charge in [-0.05, 0) is 29.8 Å². The first-order chi connectivity index (χ1) is 13.7. The summed E-state index contributed by atoms with van der Waals surface area (Å²) in [6.07, 6.45) is 4.62. The molecule has 2 heterocycles. The van der Waals surface area contributed by atoms with Crippen molar-refractivity contribution in [2.24, 2.45) is 0 Å². The van der Waals surface area contributed by atoms with Crippen LogP contribution in [0.3, 0.4) is 0 Å². The summed E-state index contributed by atoms with van der Waals surface area (Å²) < 4.78 is 11.1. The number of anilines is 1. The van der Waals surface area contributed by atoms with E-state index in [1.807, 2.05) is 30.3 Å². The molecule has 4 rings (SSSR count). The number of hydrogen-bond acceptors (Lipinski definition) is 5. The number of benzene rings is 2. The number of carbonyl (C=O) groups is 1. The van der Waals surface area contributed by atoms with E-state index in [1.54, 1.807) is 42.7 Å². The second-order valence-corrected chi connectivity index (χ2v) is 6.08. The van der Waals surface area contributed by atoms with Crippen molar-refractivity contribution in [2.45, 2.75) is 0 Å². The Labute approximate surface area is 160 Å². The van der Waals surface area contributed by atoms with Crippen molar-refractivity contribution in [3.05, 3.63) is 89.5 Å². The number of pyridine rings is 1. The molecule has 0 atom stereocenters. The maximum atomic E-state index is 12.7. The van der Waals surface area contributed by atoms with Crippen LogP contribution >= 0.6 is 0 Å². The van der Waals surface area contributed by atoms with Crippen LogP contribution < -0.4 is 15.5 Å². The van der Waals surface area contributed by atoms with Crippen LogP contribution in [-0.2, 0) is 4.79 Å². The molecule has 0 fully saturated rings. The Morgan fingerprint density at radius 3 is 2.71 bits per heavy atom. The summed E-state index contributed by atoms with van der Waals surface area (Å²) in [6, 6.07) is 17.7. The average Bonchev–Trinajstić information content (AvgIpc) is 2.74. The van der Waals surface area contributed by atoms with Crippen LogP contribution in [0, 0.1) is 0 Å². The lowest BCUT2D eigenvalue weighted by atomic mass is 10.1. The highest BCUT2D eigenvalue weighted by molar-refractivity contribution is 5.91. The van der Waals surface area contributed by atoms with Crippen molar-refractivity contribution in [1.82, 2.24) is 4.98 Å². The second kappa shape index (κ2) is 7.75. The van der Waals surface area contributed by atoms with Gasteiger partial charge in [0.05, 0.1) is 22.8 Å². The number of ether oxygens (including phenoxy) is 1. The standard InChI is InChI=1S/C22H16N2O4/c25-21(24-16-7-4-10-23-12-16)14-27-17-8-9-18-20(11-17)28-13-19(22(18)26)15-5-2-1-3-6-15/h1-13H,14H2,(H,24,25). The maximum absolute atomic E-state index is 12.7. The first-order valence-corrected chi connectivity index (χ1v) is 8.64. The minimum absolute atomic E-state index is 0.117. The lowest BCUT2D eigenvalue weighted by Gasteiger charge is -2.08. The van der Waals surface area contributed by atoms with Gasteiger partial charge in [0.15, 0.2) is 12.0 Å². The van der Waals surface area contributed by atoms with Gasteiger partial charge in [-0.15, -0.1) is 0 Å². The number of nitrogens with one attached hydrogen (secondary N) is 1. The van der Waals surface area contributed by atoms with Gasteiger partial charge in [0, 0.05) is 12.3 Å². The zero-order chi connectivity index (χ0) is 19.3. The Bertz CT molecular complexity index is 1170. The molecule has 2 aromatic heterocycles. The van der Waals surface area contributed by atoms with Crippen molar-refractivity contribution < 1.29 is 13.9 Å². The Morgan fingerprint density at radius 1 is 1.07 bits per heavy atom. The lowest BCUT2D eigenvalue weighted by molar-refractivity contribution is -0.118. The summed E-state index contributed by atoms with van der Waals surface area (Å²) >= 11 is 0. The van der Waals surface area contributed by atoms with Crippen molar-refractivity contribution in [3.8, 4) is 16.9 Å². The monoisotopic (exact) mass is 372 g/mol. The molecule has 6 nitrogen and oxygen atoms in total.